The minimum absolute atomic E-state index is 0.322. The van der Waals surface area contributed by atoms with Crippen molar-refractivity contribution in [1.82, 2.24) is 10.3 Å². The summed E-state index contributed by atoms with van der Waals surface area (Å²) in [6.07, 6.45) is 1.90. The van der Waals surface area contributed by atoms with Gasteiger partial charge in [0.05, 0.1) is 18.2 Å². The van der Waals surface area contributed by atoms with Gasteiger partial charge in [-0.25, -0.2) is 4.79 Å². The maximum absolute atomic E-state index is 12.8. The fourth-order valence-corrected chi connectivity index (χ4v) is 3.20. The van der Waals surface area contributed by atoms with Crippen molar-refractivity contribution in [3.8, 4) is 0 Å². The topological polar surface area (TPSA) is 68.3 Å². The number of nitrogens with one attached hydrogen (secondary N) is 1. The third-order valence-electron chi connectivity index (χ3n) is 4.07. The van der Waals surface area contributed by atoms with Gasteiger partial charge in [-0.1, -0.05) is 52.3 Å². The molecule has 2 aromatic carbocycles. The van der Waals surface area contributed by atoms with E-state index in [1.165, 1.54) is 7.11 Å². The molecule has 0 saturated heterocycles. The first-order valence-corrected chi connectivity index (χ1v) is 8.85. The van der Waals surface area contributed by atoms with Crippen molar-refractivity contribution in [1.29, 1.82) is 0 Å². The molecule has 1 amide bonds. The molecule has 1 aromatic heterocycles. The summed E-state index contributed by atoms with van der Waals surface area (Å²) in [6.45, 7) is 0. The van der Waals surface area contributed by atoms with Crippen LogP contribution in [-0.4, -0.2) is 30.0 Å². The standard InChI is InChI=1S/C20H17BrN2O3/c1-26-20(25)18(12-13-6-2-4-8-16(13)21)23-19(24)15-10-11-22-17-9-5-3-7-14(15)17/h2-11,18H,12H2,1H3,(H,23,24)/t18-/m1/s1. The van der Waals surface area contributed by atoms with E-state index in [0.717, 1.165) is 20.9 Å². The summed E-state index contributed by atoms with van der Waals surface area (Å²) in [5.74, 6) is -0.835. The summed E-state index contributed by atoms with van der Waals surface area (Å²) in [5.41, 5.74) is 2.10. The Kier molecular flexibility index (Phi) is 5.63. The summed E-state index contributed by atoms with van der Waals surface area (Å²) in [6, 6.07) is 15.8. The van der Waals surface area contributed by atoms with Crippen LogP contribution in [0.15, 0.2) is 65.3 Å². The lowest BCUT2D eigenvalue weighted by molar-refractivity contribution is -0.142. The quantitative estimate of drug-likeness (QED) is 0.651. The monoisotopic (exact) mass is 412 g/mol. The maximum Gasteiger partial charge on any atom is 0.328 e. The van der Waals surface area contributed by atoms with E-state index in [1.807, 2.05) is 48.5 Å². The summed E-state index contributed by atoms with van der Waals surface area (Å²) < 4.78 is 5.74. The summed E-state index contributed by atoms with van der Waals surface area (Å²) >= 11 is 3.47. The van der Waals surface area contributed by atoms with Crippen molar-refractivity contribution in [3.63, 3.8) is 0 Å². The highest BCUT2D eigenvalue weighted by molar-refractivity contribution is 9.10. The largest absolute Gasteiger partial charge is 0.467 e. The number of fused-ring (bicyclic) bond motifs is 1. The van der Waals surface area contributed by atoms with Gasteiger partial charge in [-0.15, -0.1) is 0 Å². The van der Waals surface area contributed by atoms with Crippen LogP contribution < -0.4 is 5.32 Å². The number of nitrogens with zero attached hydrogens (tertiary/aromatic N) is 1. The van der Waals surface area contributed by atoms with Crippen LogP contribution in [0.2, 0.25) is 0 Å². The fourth-order valence-electron chi connectivity index (χ4n) is 2.75. The molecular weight excluding hydrogens is 396 g/mol. The molecule has 0 radical (unpaired) electrons. The van der Waals surface area contributed by atoms with Gasteiger partial charge in [0.15, 0.2) is 0 Å². The molecule has 0 spiro atoms. The molecule has 1 atom stereocenters. The van der Waals surface area contributed by atoms with Gasteiger partial charge in [0.1, 0.15) is 6.04 Å². The molecule has 132 valence electrons. The highest BCUT2D eigenvalue weighted by Gasteiger charge is 2.24. The number of hydrogen-bond acceptors (Lipinski definition) is 4. The van der Waals surface area contributed by atoms with Crippen molar-refractivity contribution >= 4 is 38.7 Å². The second-order valence-electron chi connectivity index (χ2n) is 5.72. The molecular formula is C20H17BrN2O3. The maximum atomic E-state index is 12.8. The predicted octanol–water partition coefficient (Wildman–Crippen LogP) is 3.51. The van der Waals surface area contributed by atoms with E-state index >= 15 is 0 Å². The Hall–Kier alpha value is -2.73. The highest BCUT2D eigenvalue weighted by atomic mass is 79.9. The van der Waals surface area contributed by atoms with Crippen molar-refractivity contribution in [2.45, 2.75) is 12.5 Å². The minimum atomic E-state index is -0.793. The lowest BCUT2D eigenvalue weighted by Crippen LogP contribution is -2.43. The summed E-state index contributed by atoms with van der Waals surface area (Å²) in [5, 5.41) is 3.52. The zero-order valence-electron chi connectivity index (χ0n) is 14.1. The smallest absolute Gasteiger partial charge is 0.328 e. The van der Waals surface area contributed by atoms with Gasteiger partial charge >= 0.3 is 5.97 Å². The number of hydrogen-bond donors (Lipinski definition) is 1. The van der Waals surface area contributed by atoms with Crippen molar-refractivity contribution in [2.75, 3.05) is 7.11 Å². The first-order chi connectivity index (χ1) is 12.6. The number of carbonyl (C=O) groups is 2. The SMILES string of the molecule is COC(=O)[C@@H](Cc1ccccc1Br)NC(=O)c1ccnc2ccccc12. The highest BCUT2D eigenvalue weighted by Crippen LogP contribution is 2.19. The Bertz CT molecular complexity index is 953. The van der Waals surface area contributed by atoms with Crippen molar-refractivity contribution in [3.05, 3.63) is 76.4 Å². The van der Waals surface area contributed by atoms with Gasteiger partial charge in [-0.2, -0.15) is 0 Å². The lowest BCUT2D eigenvalue weighted by atomic mass is 10.0. The van der Waals surface area contributed by atoms with Crippen LogP contribution >= 0.6 is 15.9 Å². The van der Waals surface area contributed by atoms with Crippen LogP contribution in [0.3, 0.4) is 0 Å². The molecule has 0 unspecified atom stereocenters. The van der Waals surface area contributed by atoms with Gasteiger partial charge in [0.2, 0.25) is 0 Å². The van der Waals surface area contributed by atoms with Crippen LogP contribution in [0.1, 0.15) is 15.9 Å². The second-order valence-corrected chi connectivity index (χ2v) is 6.57. The molecule has 1 N–H and O–H groups in total. The average Bonchev–Trinajstić information content (AvgIpc) is 2.67. The molecule has 0 fully saturated rings. The normalized spacial score (nSPS) is 11.8. The lowest BCUT2D eigenvalue weighted by Gasteiger charge is -2.18. The van der Waals surface area contributed by atoms with E-state index in [9.17, 15) is 9.59 Å². The first kappa shape index (κ1) is 18.1. The average molecular weight is 413 g/mol. The van der Waals surface area contributed by atoms with Gasteiger partial charge in [0, 0.05) is 22.5 Å². The Balaban J connectivity index is 1.88. The third-order valence-corrected chi connectivity index (χ3v) is 4.84. The summed E-state index contributed by atoms with van der Waals surface area (Å²) in [7, 11) is 1.31. The number of rotatable bonds is 5. The van der Waals surface area contributed by atoms with Gasteiger partial charge in [-0.05, 0) is 23.8 Å². The van der Waals surface area contributed by atoms with E-state index in [4.69, 9.17) is 4.74 Å². The van der Waals surface area contributed by atoms with E-state index < -0.39 is 12.0 Å². The van der Waals surface area contributed by atoms with Crippen LogP contribution in [0.5, 0.6) is 0 Å². The number of methoxy groups -OCH3 is 1. The zero-order chi connectivity index (χ0) is 18.5. The molecule has 5 nitrogen and oxygen atoms in total. The van der Waals surface area contributed by atoms with Crippen LogP contribution in [0.4, 0.5) is 0 Å². The molecule has 0 aliphatic rings. The van der Waals surface area contributed by atoms with E-state index in [-0.39, 0.29) is 5.91 Å². The van der Waals surface area contributed by atoms with Gasteiger partial charge in [-0.3, -0.25) is 9.78 Å². The molecule has 0 saturated carbocycles. The Morgan fingerprint density at radius 3 is 2.62 bits per heavy atom. The minimum Gasteiger partial charge on any atom is -0.467 e. The van der Waals surface area contributed by atoms with Crippen LogP contribution in [0.25, 0.3) is 10.9 Å². The predicted molar refractivity (Wildman–Crippen MR) is 103 cm³/mol. The van der Waals surface area contributed by atoms with E-state index in [2.05, 4.69) is 26.2 Å². The Labute approximate surface area is 159 Å². The molecule has 0 bridgehead atoms. The third kappa shape index (κ3) is 3.91. The number of amides is 1. The van der Waals surface area contributed by atoms with Crippen LogP contribution in [0, 0.1) is 0 Å². The number of aromatic nitrogens is 1. The molecule has 26 heavy (non-hydrogen) atoms. The van der Waals surface area contributed by atoms with Crippen molar-refractivity contribution in [2.24, 2.45) is 0 Å². The number of carbonyl (C=O) groups excluding carboxylic acids is 2. The second kappa shape index (κ2) is 8.10. The van der Waals surface area contributed by atoms with Crippen molar-refractivity contribution < 1.29 is 14.3 Å². The number of esters is 1. The summed E-state index contributed by atoms with van der Waals surface area (Å²) in [4.78, 5) is 29.3. The number of ether oxygens (including phenoxy) is 1. The Morgan fingerprint density at radius 1 is 1.12 bits per heavy atom. The molecule has 6 heteroatoms. The molecule has 3 aromatic rings. The Morgan fingerprint density at radius 2 is 1.85 bits per heavy atom. The van der Waals surface area contributed by atoms with Gasteiger partial charge < -0.3 is 10.1 Å². The first-order valence-electron chi connectivity index (χ1n) is 8.06. The molecule has 3 rings (SSSR count). The van der Waals surface area contributed by atoms with Crippen LogP contribution in [-0.2, 0) is 16.0 Å². The van der Waals surface area contributed by atoms with E-state index in [0.29, 0.717) is 12.0 Å². The number of halogens is 1. The molecule has 0 aliphatic carbocycles. The zero-order valence-corrected chi connectivity index (χ0v) is 15.7. The number of benzene rings is 2. The number of pyridine rings is 1. The molecule has 0 aliphatic heterocycles. The molecule has 1 heterocycles. The van der Waals surface area contributed by atoms with E-state index in [1.54, 1.807) is 12.3 Å². The van der Waals surface area contributed by atoms with Gasteiger partial charge in [0.25, 0.3) is 5.91 Å². The number of para-hydroxylation sites is 1. The fraction of sp³-hybridized carbons (Fsp3) is 0.150.